The van der Waals surface area contributed by atoms with Gasteiger partial charge in [0.1, 0.15) is 5.75 Å². The van der Waals surface area contributed by atoms with Gasteiger partial charge in [0, 0.05) is 5.92 Å². The van der Waals surface area contributed by atoms with Crippen LogP contribution in [0.15, 0.2) is 18.2 Å². The molecule has 0 radical (unpaired) electrons. The van der Waals surface area contributed by atoms with Crippen LogP contribution in [0.2, 0.25) is 0 Å². The standard InChI is InChI=1S/C12H16O4/c1-8-5-9(3-4-11(8)16-2)10(7-13)6-12(14)15/h3-5,10,13H,6-7H2,1-2H3,(H,14,15). The molecular formula is C12H16O4. The number of benzene rings is 1. The van der Waals surface area contributed by atoms with Crippen LogP contribution >= 0.6 is 0 Å². The van der Waals surface area contributed by atoms with Gasteiger partial charge in [-0.1, -0.05) is 12.1 Å². The summed E-state index contributed by atoms with van der Waals surface area (Å²) in [5.74, 6) is -0.509. The van der Waals surface area contributed by atoms with Crippen molar-refractivity contribution in [2.45, 2.75) is 19.3 Å². The molecule has 0 fully saturated rings. The maximum absolute atomic E-state index is 10.6. The lowest BCUT2D eigenvalue weighted by molar-refractivity contribution is -0.137. The minimum absolute atomic E-state index is 0.0672. The fourth-order valence-electron chi connectivity index (χ4n) is 1.65. The summed E-state index contributed by atoms with van der Waals surface area (Å²) in [5, 5.41) is 17.9. The highest BCUT2D eigenvalue weighted by Gasteiger charge is 2.15. The number of aliphatic hydroxyl groups is 1. The lowest BCUT2D eigenvalue weighted by Crippen LogP contribution is -2.10. The molecule has 0 amide bonds. The summed E-state index contributed by atoms with van der Waals surface area (Å²) in [6.07, 6.45) is -0.0672. The smallest absolute Gasteiger partial charge is 0.304 e. The van der Waals surface area contributed by atoms with Crippen molar-refractivity contribution >= 4 is 5.97 Å². The molecule has 0 bridgehead atoms. The predicted molar refractivity (Wildman–Crippen MR) is 59.8 cm³/mol. The van der Waals surface area contributed by atoms with Crippen molar-refractivity contribution in [3.8, 4) is 5.75 Å². The summed E-state index contributed by atoms with van der Waals surface area (Å²) in [6.45, 7) is 1.72. The van der Waals surface area contributed by atoms with Gasteiger partial charge in [0.05, 0.1) is 20.1 Å². The van der Waals surface area contributed by atoms with Crippen molar-refractivity contribution in [3.63, 3.8) is 0 Å². The van der Waals surface area contributed by atoms with E-state index in [2.05, 4.69) is 0 Å². The SMILES string of the molecule is COc1ccc(C(CO)CC(=O)O)cc1C. The number of hydrogen-bond acceptors (Lipinski definition) is 3. The highest BCUT2D eigenvalue weighted by atomic mass is 16.5. The van der Waals surface area contributed by atoms with Crippen LogP contribution in [0.3, 0.4) is 0 Å². The molecule has 4 heteroatoms. The Labute approximate surface area is 94.5 Å². The lowest BCUT2D eigenvalue weighted by Gasteiger charge is -2.14. The van der Waals surface area contributed by atoms with E-state index in [4.69, 9.17) is 14.9 Å². The van der Waals surface area contributed by atoms with Crippen LogP contribution in [-0.4, -0.2) is 29.9 Å². The van der Waals surface area contributed by atoms with E-state index in [1.54, 1.807) is 19.2 Å². The first kappa shape index (κ1) is 12.5. The number of methoxy groups -OCH3 is 1. The Morgan fingerprint density at radius 2 is 2.19 bits per heavy atom. The predicted octanol–water partition coefficient (Wildman–Crippen LogP) is 1.55. The number of carbonyl (C=O) groups is 1. The summed E-state index contributed by atoms with van der Waals surface area (Å²) < 4.78 is 5.12. The summed E-state index contributed by atoms with van der Waals surface area (Å²) in [5.41, 5.74) is 1.76. The van der Waals surface area contributed by atoms with Crippen LogP contribution in [0, 0.1) is 6.92 Å². The zero-order chi connectivity index (χ0) is 12.1. The Bertz CT molecular complexity index is 373. The van der Waals surface area contributed by atoms with Crippen molar-refractivity contribution in [1.82, 2.24) is 0 Å². The zero-order valence-corrected chi connectivity index (χ0v) is 9.43. The third kappa shape index (κ3) is 2.97. The Hall–Kier alpha value is -1.55. The van der Waals surface area contributed by atoms with Crippen molar-refractivity contribution in [2.24, 2.45) is 0 Å². The molecule has 1 aromatic rings. The minimum atomic E-state index is -0.910. The zero-order valence-electron chi connectivity index (χ0n) is 9.43. The first-order chi connectivity index (χ1) is 7.58. The summed E-state index contributed by atoms with van der Waals surface area (Å²) in [7, 11) is 1.59. The molecular weight excluding hydrogens is 208 g/mol. The number of carboxylic acids is 1. The van der Waals surface area contributed by atoms with E-state index in [9.17, 15) is 4.79 Å². The maximum Gasteiger partial charge on any atom is 0.304 e. The molecule has 0 aliphatic rings. The Balaban J connectivity index is 2.93. The fraction of sp³-hybridized carbons (Fsp3) is 0.417. The molecule has 1 aromatic carbocycles. The first-order valence-corrected chi connectivity index (χ1v) is 5.05. The van der Waals surface area contributed by atoms with Gasteiger partial charge < -0.3 is 14.9 Å². The maximum atomic E-state index is 10.6. The van der Waals surface area contributed by atoms with Gasteiger partial charge in [0.15, 0.2) is 0 Å². The summed E-state index contributed by atoms with van der Waals surface area (Å²) in [4.78, 5) is 10.6. The molecule has 2 N–H and O–H groups in total. The van der Waals surface area contributed by atoms with Gasteiger partial charge in [-0.25, -0.2) is 0 Å². The molecule has 0 aromatic heterocycles. The number of hydrogen-bond donors (Lipinski definition) is 2. The minimum Gasteiger partial charge on any atom is -0.496 e. The third-order valence-corrected chi connectivity index (χ3v) is 2.53. The van der Waals surface area contributed by atoms with E-state index in [-0.39, 0.29) is 18.9 Å². The topological polar surface area (TPSA) is 66.8 Å². The van der Waals surface area contributed by atoms with Crippen LogP contribution in [0.4, 0.5) is 0 Å². The molecule has 0 aliphatic carbocycles. The largest absolute Gasteiger partial charge is 0.496 e. The number of carboxylic acid groups (broad SMARTS) is 1. The molecule has 88 valence electrons. The van der Waals surface area contributed by atoms with E-state index < -0.39 is 5.97 Å². The Morgan fingerprint density at radius 3 is 2.62 bits per heavy atom. The van der Waals surface area contributed by atoms with Crippen LogP contribution in [0.25, 0.3) is 0 Å². The first-order valence-electron chi connectivity index (χ1n) is 5.05. The van der Waals surface area contributed by atoms with E-state index in [1.807, 2.05) is 13.0 Å². The van der Waals surface area contributed by atoms with Gasteiger partial charge >= 0.3 is 5.97 Å². The van der Waals surface area contributed by atoms with Crippen molar-refractivity contribution < 1.29 is 19.7 Å². The highest BCUT2D eigenvalue weighted by Crippen LogP contribution is 2.25. The monoisotopic (exact) mass is 224 g/mol. The Morgan fingerprint density at radius 1 is 1.50 bits per heavy atom. The molecule has 1 rings (SSSR count). The van der Waals surface area contributed by atoms with Crippen LogP contribution in [0.5, 0.6) is 5.75 Å². The van der Waals surface area contributed by atoms with E-state index in [0.29, 0.717) is 0 Å². The average molecular weight is 224 g/mol. The van der Waals surface area contributed by atoms with Gasteiger partial charge in [0.25, 0.3) is 0 Å². The molecule has 4 nitrogen and oxygen atoms in total. The molecule has 0 spiro atoms. The Kier molecular flexibility index (Phi) is 4.31. The number of aliphatic carboxylic acids is 1. The number of aryl methyl sites for hydroxylation is 1. The number of ether oxygens (including phenoxy) is 1. The quantitative estimate of drug-likeness (QED) is 0.796. The van der Waals surface area contributed by atoms with Crippen LogP contribution < -0.4 is 4.74 Å². The summed E-state index contributed by atoms with van der Waals surface area (Å²) >= 11 is 0. The fourth-order valence-corrected chi connectivity index (χ4v) is 1.65. The number of aliphatic hydroxyl groups excluding tert-OH is 1. The van der Waals surface area contributed by atoms with E-state index in [1.165, 1.54) is 0 Å². The normalized spacial score (nSPS) is 12.2. The second kappa shape index (κ2) is 5.51. The highest BCUT2D eigenvalue weighted by molar-refractivity contribution is 5.68. The molecule has 0 aliphatic heterocycles. The van der Waals surface area contributed by atoms with Gasteiger partial charge in [-0.3, -0.25) is 4.79 Å². The molecule has 0 saturated heterocycles. The van der Waals surface area contributed by atoms with E-state index >= 15 is 0 Å². The molecule has 1 atom stereocenters. The van der Waals surface area contributed by atoms with Crippen molar-refractivity contribution in [2.75, 3.05) is 13.7 Å². The molecule has 1 unspecified atom stereocenters. The van der Waals surface area contributed by atoms with Crippen molar-refractivity contribution in [3.05, 3.63) is 29.3 Å². The van der Waals surface area contributed by atoms with Gasteiger partial charge in [-0.15, -0.1) is 0 Å². The van der Waals surface area contributed by atoms with E-state index in [0.717, 1.165) is 16.9 Å². The summed E-state index contributed by atoms with van der Waals surface area (Å²) in [6, 6.07) is 5.42. The third-order valence-electron chi connectivity index (χ3n) is 2.53. The van der Waals surface area contributed by atoms with Gasteiger partial charge in [0.2, 0.25) is 0 Å². The molecule has 0 saturated carbocycles. The second-order valence-corrected chi connectivity index (χ2v) is 3.71. The van der Waals surface area contributed by atoms with Gasteiger partial charge in [-0.2, -0.15) is 0 Å². The van der Waals surface area contributed by atoms with Gasteiger partial charge in [-0.05, 0) is 24.1 Å². The van der Waals surface area contributed by atoms with Crippen LogP contribution in [0.1, 0.15) is 23.5 Å². The average Bonchev–Trinajstić information content (AvgIpc) is 2.25. The molecule has 0 heterocycles. The second-order valence-electron chi connectivity index (χ2n) is 3.71. The van der Waals surface area contributed by atoms with Crippen LogP contribution in [-0.2, 0) is 4.79 Å². The number of rotatable bonds is 5. The lowest BCUT2D eigenvalue weighted by atomic mass is 9.95. The van der Waals surface area contributed by atoms with Crippen molar-refractivity contribution in [1.29, 1.82) is 0 Å². The molecule has 16 heavy (non-hydrogen) atoms.